The molecule has 0 aliphatic carbocycles. The predicted octanol–water partition coefficient (Wildman–Crippen LogP) is -2.88. The zero-order chi connectivity index (χ0) is 13.6. The molecule has 0 aliphatic heterocycles. The van der Waals surface area contributed by atoms with Gasteiger partial charge in [0.05, 0.1) is 0 Å². The smallest absolute Gasteiger partial charge is 0.367 e. The fourth-order valence-corrected chi connectivity index (χ4v) is 0.0289. The van der Waals surface area contributed by atoms with Gasteiger partial charge >= 0.3 is 17.9 Å². The fourth-order valence-electron chi connectivity index (χ4n) is 0.0289. The van der Waals surface area contributed by atoms with Crippen LogP contribution in [0.25, 0.3) is 0 Å². The zero-order valence-corrected chi connectivity index (χ0v) is 10.9. The summed E-state index contributed by atoms with van der Waals surface area (Å²) in [5.74, 6) is -3.43. The van der Waals surface area contributed by atoms with E-state index < -0.39 is 37.7 Å². The van der Waals surface area contributed by atoms with Crippen LogP contribution in [-0.2, 0) is 45.5 Å². The molecule has 0 unspecified atom stereocenters. The van der Waals surface area contributed by atoms with Crippen molar-refractivity contribution in [3.63, 3.8) is 0 Å². The number of aliphatic carboxylic acids is 2. The van der Waals surface area contributed by atoms with Gasteiger partial charge in [-0.3, -0.25) is 4.89 Å². The van der Waals surface area contributed by atoms with Crippen molar-refractivity contribution in [1.82, 2.24) is 0 Å². The first-order valence-electron chi connectivity index (χ1n) is 3.46. The van der Waals surface area contributed by atoms with Crippen LogP contribution < -0.4 is 0 Å². The molecule has 17 heavy (non-hydrogen) atoms. The molecular weight excluding hydrogens is 323 g/mol. The molecule has 100 valence electrons. The first kappa shape index (κ1) is 25.1. The van der Waals surface area contributed by atoms with Crippen molar-refractivity contribution >= 4 is 17.9 Å². The van der Waals surface area contributed by atoms with Gasteiger partial charge in [-0.25, -0.2) is 14.4 Å². The van der Waals surface area contributed by atoms with Crippen molar-refractivity contribution in [2.45, 2.75) is 0 Å². The second kappa shape index (κ2) is 20.5. The maximum atomic E-state index is 9.46. The van der Waals surface area contributed by atoms with E-state index in [1.165, 1.54) is 0 Å². The quantitative estimate of drug-likeness (QED) is 0.231. The number of carboxylic acid groups (broad SMARTS) is 2. The van der Waals surface area contributed by atoms with Crippen LogP contribution in [0.2, 0.25) is 0 Å². The third-order valence-corrected chi connectivity index (χ3v) is 0.501. The number of aliphatic hydroxyl groups is 3. The maximum Gasteiger partial charge on any atom is 0.367 e. The van der Waals surface area contributed by atoms with Crippen molar-refractivity contribution in [2.24, 2.45) is 0 Å². The molecule has 0 aromatic heterocycles. The number of aliphatic hydroxyl groups excluding tert-OH is 3. The summed E-state index contributed by atoms with van der Waals surface area (Å²) in [7, 11) is 0. The molecule has 0 radical (unpaired) electrons. The van der Waals surface area contributed by atoms with Gasteiger partial charge < -0.3 is 25.5 Å². The Morgan fingerprint density at radius 3 is 1.06 bits per heavy atom. The molecule has 0 aromatic carbocycles. The zero-order valence-electron chi connectivity index (χ0n) is 8.44. The molecule has 0 aromatic rings. The van der Waals surface area contributed by atoms with E-state index in [4.69, 9.17) is 40.4 Å². The van der Waals surface area contributed by atoms with Crippen LogP contribution in [0.1, 0.15) is 0 Å². The number of rotatable bonds is 3. The third-order valence-electron chi connectivity index (χ3n) is 0.501. The molecule has 0 atom stereocenters. The Balaban J connectivity index is -0.0000000729. The minimum Gasteiger partial charge on any atom is -0.480 e. The van der Waals surface area contributed by atoms with Gasteiger partial charge in [0, 0.05) is 26.2 Å². The molecule has 11 heteroatoms. The first-order valence-corrected chi connectivity index (χ1v) is 3.46. The average Bonchev–Trinajstić information content (AvgIpc) is 2.29. The van der Waals surface area contributed by atoms with Crippen molar-refractivity contribution in [3.05, 3.63) is 0 Å². The van der Waals surface area contributed by atoms with E-state index in [2.05, 4.69) is 4.89 Å². The molecular formula is C6H12O10Zr. The van der Waals surface area contributed by atoms with Gasteiger partial charge in [-0.1, -0.05) is 0 Å². The van der Waals surface area contributed by atoms with Gasteiger partial charge in [-0.2, -0.15) is 5.26 Å². The van der Waals surface area contributed by atoms with E-state index in [9.17, 15) is 4.79 Å². The van der Waals surface area contributed by atoms with Gasteiger partial charge in [0.25, 0.3) is 0 Å². The minimum absolute atomic E-state index is 0. The van der Waals surface area contributed by atoms with E-state index in [0.717, 1.165) is 0 Å². The Morgan fingerprint density at radius 2 is 1.06 bits per heavy atom. The number of carboxylic acids is 2. The van der Waals surface area contributed by atoms with Crippen LogP contribution in [0.5, 0.6) is 0 Å². The second-order valence-corrected chi connectivity index (χ2v) is 1.73. The molecule has 0 saturated heterocycles. The van der Waals surface area contributed by atoms with E-state index in [-0.39, 0.29) is 26.2 Å². The normalized spacial score (nSPS) is 7.06. The van der Waals surface area contributed by atoms with Crippen LogP contribution >= 0.6 is 0 Å². The van der Waals surface area contributed by atoms with Crippen LogP contribution in [0.4, 0.5) is 0 Å². The van der Waals surface area contributed by atoms with Crippen molar-refractivity contribution in [3.8, 4) is 0 Å². The predicted molar refractivity (Wildman–Crippen MR) is 45.2 cm³/mol. The van der Waals surface area contributed by atoms with Gasteiger partial charge in [0.15, 0.2) is 0 Å². The summed E-state index contributed by atoms with van der Waals surface area (Å²) < 4.78 is 0. The summed E-state index contributed by atoms with van der Waals surface area (Å²) in [4.78, 5) is 30.7. The third kappa shape index (κ3) is 51.3. The fraction of sp³-hybridized carbons (Fsp3) is 0.500. The Labute approximate surface area is 114 Å². The monoisotopic (exact) mass is 334 g/mol. The summed E-state index contributed by atoms with van der Waals surface area (Å²) in [5, 5.41) is 45.1. The SMILES string of the molecule is O=C(CO)OO.O=C(O)CO.O=C(O)CO.[Zr]. The average molecular weight is 335 g/mol. The van der Waals surface area contributed by atoms with Crippen LogP contribution in [0.15, 0.2) is 0 Å². The Bertz CT molecular complexity index is 185. The topological polar surface area (TPSA) is 182 Å². The van der Waals surface area contributed by atoms with Crippen LogP contribution in [-0.4, -0.2) is 68.5 Å². The minimum atomic E-state index is -1.19. The molecule has 10 nitrogen and oxygen atoms in total. The molecule has 6 N–H and O–H groups in total. The summed E-state index contributed by atoms with van der Waals surface area (Å²) in [6.07, 6.45) is 0. The number of carbonyl (C=O) groups is 3. The van der Waals surface area contributed by atoms with Crippen LogP contribution in [0.3, 0.4) is 0 Å². The van der Waals surface area contributed by atoms with E-state index in [1.807, 2.05) is 0 Å². The Kier molecular flexibility index (Phi) is 30.3. The molecule has 0 rings (SSSR count). The van der Waals surface area contributed by atoms with Crippen LogP contribution in [0, 0.1) is 0 Å². The van der Waals surface area contributed by atoms with Crippen molar-refractivity contribution in [2.75, 3.05) is 19.8 Å². The van der Waals surface area contributed by atoms with Crippen molar-refractivity contribution < 1.29 is 76.3 Å². The summed E-state index contributed by atoms with van der Waals surface area (Å²) in [6.45, 7) is -2.34. The standard InChI is InChI=1S/C2H4O4.2C2H4O3.Zr/c3-1-2(4)6-5;2*3-1-2(4)5;/h3,5H,1H2;2*3H,1H2,(H,4,5);. The van der Waals surface area contributed by atoms with E-state index in [1.54, 1.807) is 0 Å². The maximum absolute atomic E-state index is 9.46. The second-order valence-electron chi connectivity index (χ2n) is 1.73. The van der Waals surface area contributed by atoms with Gasteiger partial charge in [0.2, 0.25) is 0 Å². The number of hydrogen-bond acceptors (Lipinski definition) is 8. The molecule has 0 bridgehead atoms. The van der Waals surface area contributed by atoms with Crippen molar-refractivity contribution in [1.29, 1.82) is 0 Å². The first-order chi connectivity index (χ1) is 7.35. The molecule has 0 saturated carbocycles. The molecule has 0 fully saturated rings. The summed E-state index contributed by atoms with van der Waals surface area (Å²) in [6, 6.07) is 0. The molecule has 0 spiro atoms. The van der Waals surface area contributed by atoms with E-state index >= 15 is 0 Å². The summed E-state index contributed by atoms with van der Waals surface area (Å²) >= 11 is 0. The largest absolute Gasteiger partial charge is 0.480 e. The van der Waals surface area contributed by atoms with Gasteiger partial charge in [0.1, 0.15) is 19.8 Å². The molecule has 0 aliphatic rings. The Hall–Kier alpha value is -0.867. The molecule has 0 heterocycles. The number of carbonyl (C=O) groups excluding carboxylic acids is 1. The number of hydrogen-bond donors (Lipinski definition) is 6. The van der Waals surface area contributed by atoms with Gasteiger partial charge in [-0.15, -0.1) is 0 Å². The van der Waals surface area contributed by atoms with E-state index in [0.29, 0.717) is 0 Å². The van der Waals surface area contributed by atoms with Gasteiger partial charge in [-0.05, 0) is 0 Å². The molecule has 0 amide bonds. The summed E-state index contributed by atoms with van der Waals surface area (Å²) in [5.41, 5.74) is 0. The Morgan fingerprint density at radius 1 is 0.824 bits per heavy atom.